The number of benzene rings is 2. The molecule has 32 heavy (non-hydrogen) atoms. The first-order valence-electron chi connectivity index (χ1n) is 11.0. The topological polar surface area (TPSA) is 85.2 Å². The van der Waals surface area contributed by atoms with Crippen molar-refractivity contribution in [2.24, 2.45) is 0 Å². The molecular weight excluding hydrogens is 410 g/mol. The number of ether oxygens (including phenoxy) is 2. The molecule has 176 valence electrons. The molecule has 1 heterocycles. The van der Waals surface area contributed by atoms with E-state index in [9.17, 15) is 14.9 Å². The van der Waals surface area contributed by atoms with E-state index in [-0.39, 0.29) is 10.6 Å². The highest BCUT2D eigenvalue weighted by molar-refractivity contribution is 5.92. The Morgan fingerprint density at radius 2 is 1.56 bits per heavy atom. The summed E-state index contributed by atoms with van der Waals surface area (Å²) in [5.74, 6) is 0.0836. The van der Waals surface area contributed by atoms with Crippen molar-refractivity contribution in [2.45, 2.75) is 34.2 Å². The first-order chi connectivity index (χ1) is 15.5. The van der Waals surface area contributed by atoms with Crippen LogP contribution in [0.2, 0.25) is 0 Å². The molecule has 0 aromatic heterocycles. The van der Waals surface area contributed by atoms with Crippen molar-refractivity contribution in [3.05, 3.63) is 63.7 Å². The van der Waals surface area contributed by atoms with Crippen LogP contribution in [0.3, 0.4) is 0 Å². The van der Waals surface area contributed by atoms with Crippen molar-refractivity contribution in [3.8, 4) is 5.75 Å². The van der Waals surface area contributed by atoms with Crippen LogP contribution in [0.1, 0.15) is 43.6 Å². The zero-order chi connectivity index (χ0) is 24.1. The molecule has 1 aliphatic rings. The lowest BCUT2D eigenvalue weighted by Crippen LogP contribution is -2.45. The lowest BCUT2D eigenvalue weighted by molar-refractivity contribution is -0.384. The van der Waals surface area contributed by atoms with Gasteiger partial charge in [0, 0.05) is 50.5 Å². The van der Waals surface area contributed by atoms with Gasteiger partial charge in [-0.3, -0.25) is 15.0 Å². The van der Waals surface area contributed by atoms with Crippen LogP contribution >= 0.6 is 0 Å². The monoisotopic (exact) mass is 445 g/mol. The number of nitro groups is 1. The van der Waals surface area contributed by atoms with Gasteiger partial charge in [0.1, 0.15) is 11.3 Å². The average Bonchev–Trinajstić information content (AvgIpc) is 2.86. The smallest absolute Gasteiger partial charge is 0.341 e. The van der Waals surface area contributed by atoms with Crippen LogP contribution in [0.25, 0.3) is 0 Å². The number of hydrogen-bond donors (Lipinski definition) is 0. The Morgan fingerprint density at radius 1 is 0.969 bits per heavy atom. The Morgan fingerprint density at radius 3 is 2.06 bits per heavy atom. The molecule has 1 aliphatic heterocycles. The molecule has 0 spiro atoms. The zero-order valence-corrected chi connectivity index (χ0v) is 20.0. The molecule has 2 aromatic carbocycles. The quantitative estimate of drug-likeness (QED) is 0.360. The van der Waals surface area contributed by atoms with Gasteiger partial charge in [-0.2, -0.15) is 0 Å². The van der Waals surface area contributed by atoms with Gasteiger partial charge in [-0.25, -0.2) is 4.79 Å². The summed E-state index contributed by atoms with van der Waals surface area (Å²) < 4.78 is 10.1. The third-order valence-electron chi connectivity index (χ3n) is 4.87. The van der Waals surface area contributed by atoms with Crippen LogP contribution in [0.4, 0.5) is 11.4 Å². The molecule has 2 aromatic rings. The van der Waals surface area contributed by atoms with Crippen molar-refractivity contribution in [1.82, 2.24) is 4.90 Å². The molecule has 8 nitrogen and oxygen atoms in total. The molecule has 1 fully saturated rings. The number of nitro benzene ring substituents is 1. The van der Waals surface area contributed by atoms with E-state index in [4.69, 9.17) is 9.47 Å². The van der Waals surface area contributed by atoms with E-state index in [0.717, 1.165) is 44.0 Å². The third-order valence-corrected chi connectivity index (χ3v) is 4.87. The highest BCUT2D eigenvalue weighted by atomic mass is 16.6. The molecule has 0 aliphatic carbocycles. The fourth-order valence-electron chi connectivity index (χ4n) is 3.33. The van der Waals surface area contributed by atoms with Crippen LogP contribution in [-0.2, 0) is 11.3 Å². The number of non-ortho nitro benzene ring substituents is 1. The summed E-state index contributed by atoms with van der Waals surface area (Å²) in [6.45, 7) is 12.1. The first-order valence-corrected chi connectivity index (χ1v) is 11.0. The summed E-state index contributed by atoms with van der Waals surface area (Å²) in [5, 5.41) is 10.8. The minimum Gasteiger partial charge on any atom is -0.496 e. The van der Waals surface area contributed by atoms with Gasteiger partial charge in [-0.05, 0) is 29.8 Å². The van der Waals surface area contributed by atoms with E-state index < -0.39 is 5.97 Å². The molecule has 3 rings (SSSR count). The molecule has 0 saturated carbocycles. The van der Waals surface area contributed by atoms with Gasteiger partial charge in [-0.1, -0.05) is 33.8 Å². The Balaban J connectivity index is 0.00000121. The molecule has 1 saturated heterocycles. The molecule has 0 unspecified atom stereocenters. The maximum atomic E-state index is 11.9. The summed E-state index contributed by atoms with van der Waals surface area (Å²) in [6, 6.07) is 12.2. The molecule has 0 amide bonds. The van der Waals surface area contributed by atoms with Gasteiger partial charge in [0.05, 0.1) is 19.1 Å². The van der Waals surface area contributed by atoms with E-state index in [0.29, 0.717) is 11.3 Å². The average molecular weight is 446 g/mol. The van der Waals surface area contributed by atoms with Gasteiger partial charge in [0.25, 0.3) is 5.69 Å². The van der Waals surface area contributed by atoms with Crippen LogP contribution < -0.4 is 9.64 Å². The van der Waals surface area contributed by atoms with Gasteiger partial charge in [0.15, 0.2) is 0 Å². The van der Waals surface area contributed by atoms with Crippen LogP contribution in [0.15, 0.2) is 42.5 Å². The first kappa shape index (κ1) is 26.9. The summed E-state index contributed by atoms with van der Waals surface area (Å²) in [5.41, 5.74) is 2.53. The number of esters is 1. The lowest BCUT2D eigenvalue weighted by atomic mass is 10.1. The number of piperazine rings is 1. The van der Waals surface area contributed by atoms with Gasteiger partial charge < -0.3 is 14.4 Å². The molecule has 0 atom stereocenters. The second-order valence-corrected chi connectivity index (χ2v) is 6.56. The SMILES string of the molecule is CC.CC.COC(=O)c1cc(CN2CCN(c3ccc([N+](=O)[O-])cc3)CC2)ccc1OC. The molecule has 8 heteroatoms. The Labute approximate surface area is 190 Å². The second-order valence-electron chi connectivity index (χ2n) is 6.56. The van der Waals surface area contributed by atoms with Gasteiger partial charge >= 0.3 is 5.97 Å². The van der Waals surface area contributed by atoms with Crippen molar-refractivity contribution in [2.75, 3.05) is 45.3 Å². The fraction of sp³-hybridized carbons (Fsp3) is 0.458. The molecular formula is C24H35N3O5. The third kappa shape index (κ3) is 7.23. The Hall–Kier alpha value is -3.13. The van der Waals surface area contributed by atoms with Crippen molar-refractivity contribution < 1.29 is 19.2 Å². The molecule has 0 bridgehead atoms. The van der Waals surface area contributed by atoms with E-state index >= 15 is 0 Å². The minimum atomic E-state index is -0.415. The number of rotatable bonds is 6. The highest BCUT2D eigenvalue weighted by Gasteiger charge is 2.19. The maximum Gasteiger partial charge on any atom is 0.341 e. The lowest BCUT2D eigenvalue weighted by Gasteiger charge is -2.36. The van der Waals surface area contributed by atoms with Crippen LogP contribution in [-0.4, -0.2) is 56.2 Å². The number of nitrogens with zero attached hydrogens (tertiary/aromatic N) is 3. The highest BCUT2D eigenvalue weighted by Crippen LogP contribution is 2.23. The summed E-state index contributed by atoms with van der Waals surface area (Å²) in [6.07, 6.45) is 0. The van der Waals surface area contributed by atoms with Crippen LogP contribution in [0, 0.1) is 10.1 Å². The van der Waals surface area contributed by atoms with Crippen molar-refractivity contribution in [3.63, 3.8) is 0 Å². The van der Waals surface area contributed by atoms with Gasteiger partial charge in [0.2, 0.25) is 0 Å². The fourth-order valence-corrected chi connectivity index (χ4v) is 3.33. The summed E-state index contributed by atoms with van der Waals surface area (Å²) >= 11 is 0. The van der Waals surface area contributed by atoms with E-state index in [2.05, 4.69) is 9.80 Å². The zero-order valence-electron chi connectivity index (χ0n) is 20.0. The van der Waals surface area contributed by atoms with Crippen molar-refractivity contribution in [1.29, 1.82) is 0 Å². The Bertz CT molecular complexity index is 847. The van der Waals surface area contributed by atoms with Gasteiger partial charge in [-0.15, -0.1) is 0 Å². The predicted octanol–water partition coefficient (Wildman–Crippen LogP) is 4.76. The predicted molar refractivity (Wildman–Crippen MR) is 128 cm³/mol. The Kier molecular flexibility index (Phi) is 11.8. The number of carbonyl (C=O) groups is 1. The van der Waals surface area contributed by atoms with Crippen molar-refractivity contribution >= 4 is 17.3 Å². The normalized spacial score (nSPS) is 13.1. The minimum absolute atomic E-state index is 0.100. The summed E-state index contributed by atoms with van der Waals surface area (Å²) in [7, 11) is 2.88. The maximum absolute atomic E-state index is 11.9. The molecule has 0 N–H and O–H groups in total. The number of methoxy groups -OCH3 is 2. The number of anilines is 1. The number of hydrogen-bond acceptors (Lipinski definition) is 7. The standard InChI is InChI=1S/C20H23N3O5.2C2H6/c1-27-19-8-3-15(13-18(19)20(24)28-2)14-21-9-11-22(12-10-21)16-4-6-17(7-5-16)23(25)26;2*1-2/h3-8,13H,9-12,14H2,1-2H3;2*1-2H3. The second kappa shape index (κ2) is 14.0. The van der Waals surface area contributed by atoms with Crippen LogP contribution in [0.5, 0.6) is 5.75 Å². The largest absolute Gasteiger partial charge is 0.496 e. The van der Waals surface area contributed by atoms with E-state index in [1.54, 1.807) is 18.2 Å². The number of carbonyl (C=O) groups excluding carboxylic acids is 1. The molecule has 0 radical (unpaired) electrons. The van der Waals surface area contributed by atoms with E-state index in [1.165, 1.54) is 26.4 Å². The summed E-state index contributed by atoms with van der Waals surface area (Å²) in [4.78, 5) is 26.9. The van der Waals surface area contributed by atoms with E-state index in [1.807, 2.05) is 39.8 Å².